The fourth-order valence-electron chi connectivity index (χ4n) is 4.17. The third-order valence-electron chi connectivity index (χ3n) is 5.90. The van der Waals surface area contributed by atoms with Gasteiger partial charge >= 0.3 is 5.63 Å². The molecule has 1 aliphatic rings. The van der Waals surface area contributed by atoms with Crippen LogP contribution in [0.15, 0.2) is 51.7 Å². The minimum atomic E-state index is -1.37. The molecule has 0 saturated carbocycles. The van der Waals surface area contributed by atoms with Crippen LogP contribution in [0.2, 0.25) is 0 Å². The fourth-order valence-corrected chi connectivity index (χ4v) is 4.17. The van der Waals surface area contributed by atoms with Crippen molar-refractivity contribution in [1.29, 1.82) is 0 Å². The number of nitrogens with one attached hydrogen (secondary N) is 1. The summed E-state index contributed by atoms with van der Waals surface area (Å²) in [5, 5.41) is 14.9. The molecule has 0 radical (unpaired) electrons. The summed E-state index contributed by atoms with van der Waals surface area (Å²) < 4.78 is 11.4. The summed E-state index contributed by atoms with van der Waals surface area (Å²) in [6.07, 6.45) is 1.63. The Balaban J connectivity index is 1.51. The van der Waals surface area contributed by atoms with Crippen molar-refractivity contribution in [2.24, 2.45) is 0 Å². The van der Waals surface area contributed by atoms with E-state index in [1.165, 1.54) is 6.92 Å². The van der Waals surface area contributed by atoms with E-state index in [-0.39, 0.29) is 12.0 Å². The van der Waals surface area contributed by atoms with Gasteiger partial charge in [-0.15, -0.1) is 0 Å². The summed E-state index contributed by atoms with van der Waals surface area (Å²) in [5.41, 5.74) is 3.28. The molecule has 0 fully saturated rings. The number of carboxylic acid groups (broad SMARTS) is 1. The molecule has 1 N–H and O–H groups in total. The van der Waals surface area contributed by atoms with E-state index in [4.69, 9.17) is 9.15 Å². The standard InChI is InChI=1S/C25H25NO6/c1-14-21(12-11-18-17-9-6-10-19(17)25(30)32-22(14)18)31-15(2)23(27)26-20(24(28)29)13-16-7-4-3-5-8-16/h3-5,7-8,11-12,15,20H,6,9-10,13H2,1-2H3,(H,26,27)(H,28,29)/p-1/t15-,20-/m0/s1. The number of hydrogen-bond donors (Lipinski definition) is 1. The molecule has 7 heteroatoms. The van der Waals surface area contributed by atoms with E-state index in [0.717, 1.165) is 41.3 Å². The molecule has 1 aromatic heterocycles. The van der Waals surface area contributed by atoms with Gasteiger partial charge in [-0.25, -0.2) is 4.79 Å². The van der Waals surface area contributed by atoms with Gasteiger partial charge in [-0.3, -0.25) is 4.79 Å². The lowest BCUT2D eigenvalue weighted by atomic mass is 10.0. The average Bonchev–Trinajstić information content (AvgIpc) is 3.27. The Morgan fingerprint density at radius 1 is 1.12 bits per heavy atom. The molecule has 2 aromatic carbocycles. The maximum Gasteiger partial charge on any atom is 0.339 e. The summed E-state index contributed by atoms with van der Waals surface area (Å²) in [6.45, 7) is 3.30. The SMILES string of the molecule is Cc1c(O[C@@H](C)C(=O)N[C@@H](Cc2ccccc2)C(=O)[O-])ccc2c3c(c(=O)oc12)CCC3. The van der Waals surface area contributed by atoms with Crippen LogP contribution in [0.4, 0.5) is 0 Å². The van der Waals surface area contributed by atoms with Crippen LogP contribution in [0.3, 0.4) is 0 Å². The van der Waals surface area contributed by atoms with Crippen LogP contribution >= 0.6 is 0 Å². The first kappa shape index (κ1) is 21.6. The Hall–Kier alpha value is -3.61. The van der Waals surface area contributed by atoms with Crippen molar-refractivity contribution >= 4 is 22.8 Å². The van der Waals surface area contributed by atoms with E-state index in [2.05, 4.69) is 5.32 Å². The number of carboxylic acids is 1. The molecule has 32 heavy (non-hydrogen) atoms. The van der Waals surface area contributed by atoms with E-state index in [0.29, 0.717) is 16.9 Å². The lowest BCUT2D eigenvalue weighted by molar-refractivity contribution is -0.308. The number of ether oxygens (including phenoxy) is 1. The minimum absolute atomic E-state index is 0.104. The third kappa shape index (κ3) is 4.23. The zero-order valence-corrected chi connectivity index (χ0v) is 18.0. The van der Waals surface area contributed by atoms with Crippen LogP contribution < -0.4 is 20.8 Å². The van der Waals surface area contributed by atoms with Crippen LogP contribution in [-0.4, -0.2) is 24.0 Å². The number of hydrogen-bond acceptors (Lipinski definition) is 6. The van der Waals surface area contributed by atoms with Crippen LogP contribution in [0.5, 0.6) is 5.75 Å². The largest absolute Gasteiger partial charge is 0.548 e. The normalized spacial score (nSPS) is 14.6. The van der Waals surface area contributed by atoms with Gasteiger partial charge in [-0.05, 0) is 62.8 Å². The molecular weight excluding hydrogens is 410 g/mol. The molecule has 1 aliphatic carbocycles. The van der Waals surface area contributed by atoms with Crippen molar-refractivity contribution in [1.82, 2.24) is 5.32 Å². The molecule has 0 aliphatic heterocycles. The Morgan fingerprint density at radius 3 is 2.56 bits per heavy atom. The second-order valence-corrected chi connectivity index (χ2v) is 8.10. The predicted octanol–water partition coefficient (Wildman–Crippen LogP) is 1.83. The lowest BCUT2D eigenvalue weighted by Gasteiger charge is -2.23. The number of aliphatic carboxylic acids is 1. The summed E-state index contributed by atoms with van der Waals surface area (Å²) in [6, 6.07) is 11.4. The third-order valence-corrected chi connectivity index (χ3v) is 5.90. The zero-order chi connectivity index (χ0) is 22.8. The molecule has 1 amide bonds. The number of rotatable bonds is 7. The molecule has 3 aromatic rings. The summed E-state index contributed by atoms with van der Waals surface area (Å²) >= 11 is 0. The number of carbonyl (C=O) groups excluding carboxylic acids is 2. The maximum absolute atomic E-state index is 12.6. The van der Waals surface area contributed by atoms with E-state index < -0.39 is 24.0 Å². The second kappa shape index (κ2) is 8.86. The second-order valence-electron chi connectivity index (χ2n) is 8.10. The molecule has 0 bridgehead atoms. The van der Waals surface area contributed by atoms with Crippen LogP contribution in [0.25, 0.3) is 11.0 Å². The predicted molar refractivity (Wildman–Crippen MR) is 116 cm³/mol. The van der Waals surface area contributed by atoms with Crippen molar-refractivity contribution in [3.63, 3.8) is 0 Å². The Kier molecular flexibility index (Phi) is 5.99. The van der Waals surface area contributed by atoms with Crippen molar-refractivity contribution < 1.29 is 23.8 Å². The van der Waals surface area contributed by atoms with Gasteiger partial charge in [0.15, 0.2) is 6.10 Å². The highest BCUT2D eigenvalue weighted by Gasteiger charge is 2.24. The first-order chi connectivity index (χ1) is 15.3. The van der Waals surface area contributed by atoms with Gasteiger partial charge in [-0.2, -0.15) is 0 Å². The average molecular weight is 434 g/mol. The molecule has 0 unspecified atom stereocenters. The van der Waals surface area contributed by atoms with Gasteiger partial charge in [0.25, 0.3) is 5.91 Å². The highest BCUT2D eigenvalue weighted by molar-refractivity contribution is 5.88. The summed E-state index contributed by atoms with van der Waals surface area (Å²) in [4.78, 5) is 36.5. The van der Waals surface area contributed by atoms with E-state index in [9.17, 15) is 19.5 Å². The number of amides is 1. The zero-order valence-electron chi connectivity index (χ0n) is 18.0. The number of carbonyl (C=O) groups is 2. The van der Waals surface area contributed by atoms with Gasteiger partial charge in [0.05, 0.1) is 12.0 Å². The van der Waals surface area contributed by atoms with E-state index in [1.54, 1.807) is 37.3 Å². The van der Waals surface area contributed by atoms with E-state index in [1.807, 2.05) is 12.1 Å². The van der Waals surface area contributed by atoms with Gasteiger partial charge < -0.3 is 24.4 Å². The summed E-state index contributed by atoms with van der Waals surface area (Å²) in [5.74, 6) is -1.55. The number of aryl methyl sites for hydroxylation is 2. The fraction of sp³-hybridized carbons (Fsp3) is 0.320. The molecule has 0 spiro atoms. The highest BCUT2D eigenvalue weighted by Crippen LogP contribution is 2.33. The Morgan fingerprint density at radius 2 is 1.84 bits per heavy atom. The van der Waals surface area contributed by atoms with Crippen molar-refractivity contribution in [3.8, 4) is 5.75 Å². The molecule has 1 heterocycles. The van der Waals surface area contributed by atoms with Crippen molar-refractivity contribution in [2.75, 3.05) is 0 Å². The minimum Gasteiger partial charge on any atom is -0.548 e. The summed E-state index contributed by atoms with van der Waals surface area (Å²) in [7, 11) is 0. The van der Waals surface area contributed by atoms with Crippen LogP contribution in [-0.2, 0) is 28.9 Å². The molecule has 7 nitrogen and oxygen atoms in total. The smallest absolute Gasteiger partial charge is 0.339 e. The molecular formula is C25H24NO6-. The lowest BCUT2D eigenvalue weighted by Crippen LogP contribution is -2.52. The first-order valence-corrected chi connectivity index (χ1v) is 10.6. The van der Waals surface area contributed by atoms with Gasteiger partial charge in [0, 0.05) is 16.5 Å². The Labute approximate surface area is 185 Å². The van der Waals surface area contributed by atoms with Gasteiger partial charge in [0.2, 0.25) is 0 Å². The Bertz CT molecular complexity index is 1230. The van der Waals surface area contributed by atoms with E-state index >= 15 is 0 Å². The van der Waals surface area contributed by atoms with Crippen molar-refractivity contribution in [2.45, 2.75) is 51.7 Å². The molecule has 0 saturated heterocycles. The number of benzene rings is 2. The van der Waals surface area contributed by atoms with Gasteiger partial charge in [-0.1, -0.05) is 30.3 Å². The maximum atomic E-state index is 12.6. The topological polar surface area (TPSA) is 109 Å². The van der Waals surface area contributed by atoms with Crippen LogP contribution in [0.1, 0.15) is 35.6 Å². The quantitative estimate of drug-likeness (QED) is 0.569. The van der Waals surface area contributed by atoms with Crippen LogP contribution in [0, 0.1) is 6.92 Å². The van der Waals surface area contributed by atoms with Crippen molar-refractivity contribution in [3.05, 3.63) is 75.1 Å². The first-order valence-electron chi connectivity index (χ1n) is 10.6. The molecule has 166 valence electrons. The number of fused-ring (bicyclic) bond motifs is 3. The van der Waals surface area contributed by atoms with Gasteiger partial charge in [0.1, 0.15) is 11.3 Å². The highest BCUT2D eigenvalue weighted by atomic mass is 16.5. The molecule has 4 rings (SSSR count). The monoisotopic (exact) mass is 434 g/mol. The molecule has 2 atom stereocenters.